The standard InChI is InChI=1S/C6H5FO2/c7-6-4(8)2-1-3-5(6)9/h1-3,8-9H. The molecule has 0 atom stereocenters. The second-order valence-corrected chi connectivity index (χ2v) is 1.61. The molecule has 1 aromatic rings. The predicted octanol–water partition coefficient (Wildman–Crippen LogP) is 1.24. The molecule has 0 heterocycles. The minimum Gasteiger partial charge on any atom is -0.505 e. The van der Waals surface area contributed by atoms with Crippen LogP contribution in [0.3, 0.4) is 0 Å². The Labute approximate surface area is 51.2 Å². The minimum absolute atomic E-state index is 0.532. The molecule has 0 aliphatic rings. The van der Waals surface area contributed by atoms with Gasteiger partial charge >= 0.3 is 0 Å². The van der Waals surface area contributed by atoms with Gasteiger partial charge in [-0.25, -0.2) is 0 Å². The SMILES string of the molecule is Oc1cccc(O)c1F. The van der Waals surface area contributed by atoms with E-state index in [1.807, 2.05) is 0 Å². The Bertz CT molecular complexity index is 202. The molecular weight excluding hydrogens is 123 g/mol. The maximum atomic E-state index is 12.2. The van der Waals surface area contributed by atoms with Gasteiger partial charge in [-0.3, -0.25) is 0 Å². The molecule has 0 aliphatic heterocycles. The van der Waals surface area contributed by atoms with E-state index in [4.69, 9.17) is 10.2 Å². The summed E-state index contributed by atoms with van der Waals surface area (Å²) >= 11 is 0. The molecule has 0 bridgehead atoms. The van der Waals surface area contributed by atoms with E-state index in [1.165, 1.54) is 6.07 Å². The Morgan fingerprint density at radius 2 is 1.56 bits per heavy atom. The van der Waals surface area contributed by atoms with Crippen LogP contribution in [0.2, 0.25) is 0 Å². The van der Waals surface area contributed by atoms with Crippen LogP contribution in [0, 0.1) is 5.82 Å². The van der Waals surface area contributed by atoms with Gasteiger partial charge in [0.05, 0.1) is 0 Å². The van der Waals surface area contributed by atoms with E-state index >= 15 is 0 Å². The molecule has 2 N–H and O–H groups in total. The van der Waals surface area contributed by atoms with Crippen LogP contribution in [0.5, 0.6) is 11.5 Å². The lowest BCUT2D eigenvalue weighted by atomic mass is 10.3. The molecular formula is C6H5FO2. The Morgan fingerprint density at radius 1 is 1.11 bits per heavy atom. The van der Waals surface area contributed by atoms with E-state index in [0.29, 0.717) is 0 Å². The van der Waals surface area contributed by atoms with Crippen molar-refractivity contribution in [3.63, 3.8) is 0 Å². The van der Waals surface area contributed by atoms with Crippen molar-refractivity contribution in [2.24, 2.45) is 0 Å². The van der Waals surface area contributed by atoms with E-state index in [9.17, 15) is 4.39 Å². The van der Waals surface area contributed by atoms with Crippen molar-refractivity contribution in [3.05, 3.63) is 24.0 Å². The molecule has 1 rings (SSSR count). The Kier molecular flexibility index (Phi) is 1.26. The zero-order valence-electron chi connectivity index (χ0n) is 4.50. The van der Waals surface area contributed by atoms with Crippen LogP contribution in [0.1, 0.15) is 0 Å². The number of benzene rings is 1. The summed E-state index contributed by atoms with van der Waals surface area (Å²) in [6.45, 7) is 0. The molecule has 0 saturated heterocycles. The van der Waals surface area contributed by atoms with Crippen LogP contribution in [-0.4, -0.2) is 10.2 Å². The summed E-state index contributed by atoms with van der Waals surface area (Å²) in [4.78, 5) is 0. The second-order valence-electron chi connectivity index (χ2n) is 1.61. The summed E-state index contributed by atoms with van der Waals surface area (Å²) in [5.41, 5.74) is 0. The van der Waals surface area contributed by atoms with Crippen LogP contribution >= 0.6 is 0 Å². The van der Waals surface area contributed by atoms with Crippen LogP contribution < -0.4 is 0 Å². The second kappa shape index (κ2) is 1.93. The van der Waals surface area contributed by atoms with Crippen molar-refractivity contribution < 1.29 is 14.6 Å². The number of aromatic hydroxyl groups is 2. The summed E-state index contributed by atoms with van der Waals surface area (Å²) in [5.74, 6) is -2.04. The molecule has 48 valence electrons. The summed E-state index contributed by atoms with van der Waals surface area (Å²) < 4.78 is 12.2. The van der Waals surface area contributed by atoms with E-state index in [0.717, 1.165) is 12.1 Å². The molecule has 0 unspecified atom stereocenters. The molecule has 0 radical (unpaired) electrons. The average Bonchev–Trinajstić information content (AvgIpc) is 1.83. The van der Waals surface area contributed by atoms with E-state index in [2.05, 4.69) is 0 Å². The third-order valence-electron chi connectivity index (χ3n) is 0.958. The van der Waals surface area contributed by atoms with Gasteiger partial charge in [-0.1, -0.05) is 6.07 Å². The first kappa shape index (κ1) is 5.88. The number of phenolic OH excluding ortho intramolecular Hbond substituents is 2. The highest BCUT2D eigenvalue weighted by molar-refractivity contribution is 5.32. The fourth-order valence-corrected chi connectivity index (χ4v) is 0.508. The number of hydrogen-bond acceptors (Lipinski definition) is 2. The molecule has 9 heavy (non-hydrogen) atoms. The van der Waals surface area contributed by atoms with Gasteiger partial charge in [0.1, 0.15) is 0 Å². The van der Waals surface area contributed by atoms with Crippen LogP contribution in [0.25, 0.3) is 0 Å². The predicted molar refractivity (Wildman–Crippen MR) is 29.7 cm³/mol. The molecule has 0 spiro atoms. The quantitative estimate of drug-likeness (QED) is 0.551. The maximum Gasteiger partial charge on any atom is 0.206 e. The lowest BCUT2D eigenvalue weighted by Crippen LogP contribution is -1.74. The van der Waals surface area contributed by atoms with E-state index in [1.54, 1.807) is 0 Å². The highest BCUT2D eigenvalue weighted by Crippen LogP contribution is 2.22. The zero-order valence-corrected chi connectivity index (χ0v) is 4.50. The van der Waals surface area contributed by atoms with Gasteiger partial charge < -0.3 is 10.2 Å². The van der Waals surface area contributed by atoms with Gasteiger partial charge in [0, 0.05) is 0 Å². The van der Waals surface area contributed by atoms with Gasteiger partial charge in [0.2, 0.25) is 5.82 Å². The smallest absolute Gasteiger partial charge is 0.206 e. The van der Waals surface area contributed by atoms with Crippen LogP contribution in [0.4, 0.5) is 4.39 Å². The van der Waals surface area contributed by atoms with Crippen molar-refractivity contribution in [2.45, 2.75) is 0 Å². The first-order valence-electron chi connectivity index (χ1n) is 2.38. The third-order valence-corrected chi connectivity index (χ3v) is 0.958. The van der Waals surface area contributed by atoms with Gasteiger partial charge in [-0.05, 0) is 12.1 Å². The molecule has 0 amide bonds. The number of phenols is 2. The first-order valence-corrected chi connectivity index (χ1v) is 2.38. The van der Waals surface area contributed by atoms with Crippen molar-refractivity contribution in [2.75, 3.05) is 0 Å². The molecule has 0 saturated carbocycles. The fourth-order valence-electron chi connectivity index (χ4n) is 0.508. The summed E-state index contributed by atoms with van der Waals surface area (Å²) in [5, 5.41) is 17.1. The van der Waals surface area contributed by atoms with Crippen LogP contribution in [0.15, 0.2) is 18.2 Å². The van der Waals surface area contributed by atoms with Crippen LogP contribution in [-0.2, 0) is 0 Å². The Hall–Kier alpha value is -1.25. The molecule has 1 aromatic carbocycles. The van der Waals surface area contributed by atoms with Crippen molar-refractivity contribution in [3.8, 4) is 11.5 Å². The van der Waals surface area contributed by atoms with E-state index < -0.39 is 17.3 Å². The number of halogens is 1. The maximum absolute atomic E-state index is 12.2. The first-order chi connectivity index (χ1) is 4.22. The number of hydrogen-bond donors (Lipinski definition) is 2. The van der Waals surface area contributed by atoms with Gasteiger partial charge in [0.25, 0.3) is 0 Å². The highest BCUT2D eigenvalue weighted by atomic mass is 19.1. The lowest BCUT2D eigenvalue weighted by molar-refractivity contribution is 0.389. The Balaban J connectivity index is 3.25. The Morgan fingerprint density at radius 3 is 1.89 bits per heavy atom. The van der Waals surface area contributed by atoms with Crippen molar-refractivity contribution in [1.82, 2.24) is 0 Å². The third kappa shape index (κ3) is 0.937. The zero-order chi connectivity index (χ0) is 6.85. The monoisotopic (exact) mass is 128 g/mol. The molecule has 0 aliphatic carbocycles. The normalized spacial score (nSPS) is 9.44. The van der Waals surface area contributed by atoms with Crippen molar-refractivity contribution >= 4 is 0 Å². The van der Waals surface area contributed by atoms with Gasteiger partial charge in [-0.2, -0.15) is 4.39 Å². The molecule has 2 nitrogen and oxygen atoms in total. The average molecular weight is 128 g/mol. The molecule has 3 heteroatoms. The fraction of sp³-hybridized carbons (Fsp3) is 0. The largest absolute Gasteiger partial charge is 0.505 e. The lowest BCUT2D eigenvalue weighted by Gasteiger charge is -1.94. The molecule has 0 aromatic heterocycles. The van der Waals surface area contributed by atoms with Gasteiger partial charge in [-0.15, -0.1) is 0 Å². The molecule has 0 fully saturated rings. The summed E-state index contributed by atoms with van der Waals surface area (Å²) in [6, 6.07) is 3.68. The summed E-state index contributed by atoms with van der Waals surface area (Å²) in [6.07, 6.45) is 0. The summed E-state index contributed by atoms with van der Waals surface area (Å²) in [7, 11) is 0. The van der Waals surface area contributed by atoms with Crippen molar-refractivity contribution in [1.29, 1.82) is 0 Å². The number of rotatable bonds is 0. The highest BCUT2D eigenvalue weighted by Gasteiger charge is 2.02. The topological polar surface area (TPSA) is 40.5 Å². The minimum atomic E-state index is -0.975. The van der Waals surface area contributed by atoms with Gasteiger partial charge in [0.15, 0.2) is 11.5 Å². The van der Waals surface area contributed by atoms with E-state index in [-0.39, 0.29) is 0 Å².